The molecule has 0 atom stereocenters. The van der Waals surface area contributed by atoms with Crippen LogP contribution < -0.4 is 20.5 Å². The molecule has 10 heteroatoms. The van der Waals surface area contributed by atoms with E-state index in [4.69, 9.17) is 4.74 Å². The molecule has 0 aliphatic carbocycles. The fourth-order valence-electron chi connectivity index (χ4n) is 3.60. The Hall–Kier alpha value is -4.21. The number of para-hydroxylation sites is 2. The summed E-state index contributed by atoms with van der Waals surface area (Å²) in [6, 6.07) is 14.4. The number of methoxy groups -OCH3 is 1. The van der Waals surface area contributed by atoms with Gasteiger partial charge in [0.25, 0.3) is 5.91 Å². The number of aryl methyl sites for hydroxylation is 1. The second-order valence-electron chi connectivity index (χ2n) is 6.81. The molecule has 1 aliphatic heterocycles. The summed E-state index contributed by atoms with van der Waals surface area (Å²) in [6.07, 6.45) is 2.97. The first kappa shape index (κ1) is 20.1. The van der Waals surface area contributed by atoms with Crippen LogP contribution in [0.2, 0.25) is 0 Å². The van der Waals surface area contributed by atoms with Crippen molar-refractivity contribution in [2.75, 3.05) is 24.0 Å². The molecule has 4 rings (SSSR count). The smallest absolute Gasteiger partial charge is 0.355 e. The number of hydrogen-bond donors (Lipinski definition) is 2. The maximum atomic E-state index is 12.6. The van der Waals surface area contributed by atoms with Gasteiger partial charge in [0.05, 0.1) is 17.6 Å². The Bertz CT molecular complexity index is 1140. The van der Waals surface area contributed by atoms with Crippen LogP contribution in [0.5, 0.6) is 5.75 Å². The fraction of sp³-hybridized carbons (Fsp3) is 0.190. The molecular weight excluding hydrogens is 400 g/mol. The van der Waals surface area contributed by atoms with Crippen molar-refractivity contribution in [1.82, 2.24) is 15.4 Å². The largest absolute Gasteiger partial charge is 0.496 e. The van der Waals surface area contributed by atoms with E-state index in [0.717, 1.165) is 24.1 Å². The van der Waals surface area contributed by atoms with E-state index in [0.29, 0.717) is 12.3 Å². The lowest BCUT2D eigenvalue weighted by Gasteiger charge is -2.30. The van der Waals surface area contributed by atoms with Crippen molar-refractivity contribution in [3.8, 4) is 5.75 Å². The molecule has 1 aliphatic rings. The predicted octanol–water partition coefficient (Wildman–Crippen LogP) is 3.23. The molecule has 0 saturated heterocycles. The second-order valence-corrected chi connectivity index (χ2v) is 6.81. The van der Waals surface area contributed by atoms with Gasteiger partial charge in [0, 0.05) is 12.2 Å². The molecule has 158 valence electrons. The summed E-state index contributed by atoms with van der Waals surface area (Å²) in [7, 11) is 1.46. The zero-order valence-corrected chi connectivity index (χ0v) is 16.7. The number of nitrogens with one attached hydrogen (secondary N) is 2. The van der Waals surface area contributed by atoms with Gasteiger partial charge in [-0.05, 0) is 36.6 Å². The third-order valence-corrected chi connectivity index (χ3v) is 5.00. The summed E-state index contributed by atoms with van der Waals surface area (Å²) in [6.45, 7) is 0.585. The van der Waals surface area contributed by atoms with Gasteiger partial charge in [-0.3, -0.25) is 25.8 Å². The number of nitro groups is 1. The first-order chi connectivity index (χ1) is 15.1. The number of carbonyl (C=O) groups is 1. The van der Waals surface area contributed by atoms with E-state index in [9.17, 15) is 14.9 Å². The zero-order chi connectivity index (χ0) is 21.8. The Balaban J connectivity index is 1.65. The van der Waals surface area contributed by atoms with E-state index in [2.05, 4.69) is 20.8 Å². The highest BCUT2D eigenvalue weighted by Crippen LogP contribution is 2.39. The van der Waals surface area contributed by atoms with Crippen molar-refractivity contribution < 1.29 is 14.5 Å². The van der Waals surface area contributed by atoms with Gasteiger partial charge in [0.1, 0.15) is 12.1 Å². The number of anilines is 3. The number of aromatic nitrogens is 2. The Morgan fingerprint density at radius 1 is 1.16 bits per heavy atom. The van der Waals surface area contributed by atoms with Crippen molar-refractivity contribution in [1.29, 1.82) is 0 Å². The van der Waals surface area contributed by atoms with Crippen molar-refractivity contribution in [2.24, 2.45) is 0 Å². The van der Waals surface area contributed by atoms with Gasteiger partial charge in [-0.15, -0.1) is 0 Å². The van der Waals surface area contributed by atoms with Crippen molar-refractivity contribution in [2.45, 2.75) is 12.8 Å². The molecule has 0 radical (unpaired) electrons. The topological polar surface area (TPSA) is 123 Å². The van der Waals surface area contributed by atoms with E-state index in [1.165, 1.54) is 13.4 Å². The van der Waals surface area contributed by atoms with Crippen LogP contribution in [-0.2, 0) is 6.42 Å². The molecule has 0 fully saturated rings. The Morgan fingerprint density at radius 2 is 1.94 bits per heavy atom. The zero-order valence-electron chi connectivity index (χ0n) is 16.7. The molecule has 2 heterocycles. The molecule has 0 bridgehead atoms. The number of hydrazine groups is 1. The third-order valence-electron chi connectivity index (χ3n) is 5.00. The Kier molecular flexibility index (Phi) is 5.61. The third kappa shape index (κ3) is 3.95. The normalized spacial score (nSPS) is 12.6. The van der Waals surface area contributed by atoms with E-state index in [1.54, 1.807) is 24.3 Å². The lowest BCUT2D eigenvalue weighted by atomic mass is 10.0. The van der Waals surface area contributed by atoms with Gasteiger partial charge in [-0.2, -0.15) is 0 Å². The van der Waals surface area contributed by atoms with Crippen LogP contribution in [0.1, 0.15) is 22.3 Å². The summed E-state index contributed by atoms with van der Waals surface area (Å²) in [4.78, 5) is 33.9. The molecule has 0 unspecified atom stereocenters. The molecule has 31 heavy (non-hydrogen) atoms. The molecule has 1 amide bonds. The predicted molar refractivity (Wildman–Crippen MR) is 115 cm³/mol. The van der Waals surface area contributed by atoms with Gasteiger partial charge < -0.3 is 9.64 Å². The molecular formula is C21H20N6O4. The number of nitrogens with zero attached hydrogens (tertiary/aromatic N) is 4. The van der Waals surface area contributed by atoms with Crippen LogP contribution in [0.3, 0.4) is 0 Å². The van der Waals surface area contributed by atoms with Crippen LogP contribution in [-0.4, -0.2) is 34.5 Å². The summed E-state index contributed by atoms with van der Waals surface area (Å²) in [5, 5.41) is 11.9. The Labute approximate surface area is 178 Å². The molecule has 1 aromatic heterocycles. The van der Waals surface area contributed by atoms with Crippen LogP contribution in [0.15, 0.2) is 54.9 Å². The van der Waals surface area contributed by atoms with Crippen molar-refractivity contribution in [3.05, 3.63) is 76.1 Å². The molecule has 10 nitrogen and oxygen atoms in total. The van der Waals surface area contributed by atoms with E-state index >= 15 is 0 Å². The van der Waals surface area contributed by atoms with E-state index < -0.39 is 10.8 Å². The molecule has 3 aromatic rings. The second kappa shape index (κ2) is 8.66. The number of fused-ring (bicyclic) bond motifs is 1. The van der Waals surface area contributed by atoms with Gasteiger partial charge in [0.15, 0.2) is 0 Å². The van der Waals surface area contributed by atoms with Crippen LogP contribution >= 0.6 is 0 Å². The van der Waals surface area contributed by atoms with Crippen LogP contribution in [0.4, 0.5) is 23.0 Å². The first-order valence-corrected chi connectivity index (χ1v) is 9.64. The monoisotopic (exact) mass is 420 g/mol. The number of benzene rings is 2. The number of rotatable bonds is 6. The minimum Gasteiger partial charge on any atom is -0.496 e. The molecule has 2 N–H and O–H groups in total. The minimum absolute atomic E-state index is 0.110. The first-order valence-electron chi connectivity index (χ1n) is 9.64. The van der Waals surface area contributed by atoms with E-state index in [-0.39, 0.29) is 22.9 Å². The van der Waals surface area contributed by atoms with Crippen molar-refractivity contribution >= 4 is 28.9 Å². The van der Waals surface area contributed by atoms with Crippen LogP contribution in [0, 0.1) is 10.1 Å². The lowest BCUT2D eigenvalue weighted by Crippen LogP contribution is -2.31. The lowest BCUT2D eigenvalue weighted by molar-refractivity contribution is -0.383. The fourth-order valence-corrected chi connectivity index (χ4v) is 3.60. The van der Waals surface area contributed by atoms with Gasteiger partial charge in [0.2, 0.25) is 11.6 Å². The number of hydrogen-bond acceptors (Lipinski definition) is 8. The molecule has 2 aromatic carbocycles. The number of amides is 1. The summed E-state index contributed by atoms with van der Waals surface area (Å²) >= 11 is 0. The van der Waals surface area contributed by atoms with Gasteiger partial charge in [-0.25, -0.2) is 9.97 Å². The molecule has 0 spiro atoms. The summed E-state index contributed by atoms with van der Waals surface area (Å²) < 4.78 is 5.18. The quantitative estimate of drug-likeness (QED) is 0.460. The SMILES string of the molecule is COc1ccccc1C(=O)NNc1ncnc(N2CCCc3ccccc32)c1[N+](=O)[O-]. The average molecular weight is 420 g/mol. The van der Waals surface area contributed by atoms with Gasteiger partial charge >= 0.3 is 5.69 Å². The Morgan fingerprint density at radius 3 is 2.74 bits per heavy atom. The standard InChI is InChI=1S/C21H20N6O4/c1-31-17-11-5-3-9-15(17)21(28)25-24-19-18(27(29)30)20(23-13-22-19)26-12-6-8-14-7-2-4-10-16(14)26/h2-5,7,9-11,13H,6,8,12H2,1H3,(H,25,28)(H,22,23,24). The summed E-state index contributed by atoms with van der Waals surface area (Å²) in [5.74, 6) is -0.0812. The summed E-state index contributed by atoms with van der Waals surface area (Å²) in [5.41, 5.74) is 6.96. The number of ether oxygens (including phenoxy) is 1. The highest BCUT2D eigenvalue weighted by atomic mass is 16.6. The molecule has 0 saturated carbocycles. The van der Waals surface area contributed by atoms with Crippen LogP contribution in [0.25, 0.3) is 0 Å². The number of carbonyl (C=O) groups excluding carboxylic acids is 1. The maximum Gasteiger partial charge on any atom is 0.355 e. The highest BCUT2D eigenvalue weighted by Gasteiger charge is 2.30. The highest BCUT2D eigenvalue weighted by molar-refractivity contribution is 5.97. The minimum atomic E-state index is -0.551. The maximum absolute atomic E-state index is 12.6. The van der Waals surface area contributed by atoms with Gasteiger partial charge in [-0.1, -0.05) is 30.3 Å². The van der Waals surface area contributed by atoms with E-state index in [1.807, 2.05) is 29.2 Å². The van der Waals surface area contributed by atoms with Crippen molar-refractivity contribution in [3.63, 3.8) is 0 Å². The average Bonchev–Trinajstić information content (AvgIpc) is 2.81.